The Morgan fingerprint density at radius 3 is 2.36 bits per heavy atom. The maximum Gasteiger partial charge on any atom is 0.0729 e. The highest BCUT2D eigenvalue weighted by Crippen LogP contribution is 2.43. The Balaban J connectivity index is 2.58. The first-order valence-corrected chi connectivity index (χ1v) is 4.16. The minimum absolute atomic E-state index is 0.245. The molecule has 1 fully saturated rings. The normalized spacial score (nSPS) is 37.5. The average Bonchev–Trinajstić information content (AvgIpc) is 1.98. The van der Waals surface area contributed by atoms with Gasteiger partial charge in [-0.2, -0.15) is 0 Å². The summed E-state index contributed by atoms with van der Waals surface area (Å²) in [6.45, 7) is 8.52. The first-order valence-electron chi connectivity index (χ1n) is 4.16. The summed E-state index contributed by atoms with van der Waals surface area (Å²) < 4.78 is 5.56. The smallest absolute Gasteiger partial charge is 0.0729 e. The lowest BCUT2D eigenvalue weighted by atomic mass is 9.71. The van der Waals surface area contributed by atoms with Crippen LogP contribution in [0.25, 0.3) is 0 Å². The molecule has 0 aromatic carbocycles. The molecule has 2 nitrogen and oxygen atoms in total. The van der Waals surface area contributed by atoms with Gasteiger partial charge in [-0.1, -0.05) is 20.8 Å². The second kappa shape index (κ2) is 2.59. The quantitative estimate of drug-likeness (QED) is 0.608. The van der Waals surface area contributed by atoms with Gasteiger partial charge in [-0.15, -0.1) is 0 Å². The van der Waals surface area contributed by atoms with E-state index >= 15 is 0 Å². The molecule has 0 aliphatic carbocycles. The standard InChI is InChI=1S/C9H17NO/c1-6(5-10)8-9(3,4)7(2)11-8/h5-8,10H,1-4H3. The zero-order valence-corrected chi connectivity index (χ0v) is 7.72. The lowest BCUT2D eigenvalue weighted by Gasteiger charge is -2.52. The van der Waals surface area contributed by atoms with Crippen LogP contribution < -0.4 is 0 Å². The Morgan fingerprint density at radius 1 is 1.55 bits per heavy atom. The molecule has 0 spiro atoms. The van der Waals surface area contributed by atoms with Crippen molar-refractivity contribution in [3.8, 4) is 0 Å². The molecule has 11 heavy (non-hydrogen) atoms. The van der Waals surface area contributed by atoms with Crippen molar-refractivity contribution in [2.45, 2.75) is 39.9 Å². The van der Waals surface area contributed by atoms with Crippen LogP contribution in [-0.4, -0.2) is 18.4 Å². The first-order chi connectivity index (χ1) is 5.00. The van der Waals surface area contributed by atoms with Crippen LogP contribution in [0.15, 0.2) is 0 Å². The van der Waals surface area contributed by atoms with Gasteiger partial charge < -0.3 is 10.1 Å². The van der Waals surface area contributed by atoms with Crippen molar-refractivity contribution in [1.82, 2.24) is 0 Å². The molecule has 1 aliphatic rings. The molecule has 64 valence electrons. The topological polar surface area (TPSA) is 33.1 Å². The third-order valence-electron chi connectivity index (χ3n) is 2.87. The van der Waals surface area contributed by atoms with Crippen LogP contribution in [-0.2, 0) is 4.74 Å². The minimum Gasteiger partial charge on any atom is -0.373 e. The summed E-state index contributed by atoms with van der Waals surface area (Å²) in [4.78, 5) is 0. The Labute approximate surface area is 68.5 Å². The largest absolute Gasteiger partial charge is 0.373 e. The molecule has 2 heteroatoms. The van der Waals surface area contributed by atoms with Crippen molar-refractivity contribution in [2.24, 2.45) is 11.3 Å². The van der Waals surface area contributed by atoms with Gasteiger partial charge in [0, 0.05) is 17.5 Å². The van der Waals surface area contributed by atoms with Crippen LogP contribution in [0.3, 0.4) is 0 Å². The molecule has 1 rings (SSSR count). The second-order valence-electron chi connectivity index (χ2n) is 4.05. The molecule has 1 heterocycles. The van der Waals surface area contributed by atoms with Crippen LogP contribution in [0.2, 0.25) is 0 Å². The van der Waals surface area contributed by atoms with E-state index in [0.29, 0.717) is 6.10 Å². The van der Waals surface area contributed by atoms with Gasteiger partial charge in [-0.05, 0) is 6.92 Å². The summed E-state index contributed by atoms with van der Waals surface area (Å²) in [5.74, 6) is 0.251. The third-order valence-corrected chi connectivity index (χ3v) is 2.87. The SMILES string of the molecule is CC(C=N)C1OC(C)C1(C)C. The van der Waals surface area contributed by atoms with E-state index in [1.165, 1.54) is 6.21 Å². The monoisotopic (exact) mass is 155 g/mol. The number of hydrogen-bond donors (Lipinski definition) is 1. The molecule has 0 aromatic rings. The molecule has 0 aromatic heterocycles. The minimum atomic E-state index is 0.245. The van der Waals surface area contributed by atoms with Crippen molar-refractivity contribution < 1.29 is 4.74 Å². The van der Waals surface area contributed by atoms with Crippen LogP contribution in [0.5, 0.6) is 0 Å². The zero-order chi connectivity index (χ0) is 8.65. The average molecular weight is 155 g/mol. The molecule has 0 amide bonds. The maximum atomic E-state index is 7.11. The summed E-state index contributed by atoms with van der Waals surface area (Å²) in [6, 6.07) is 0. The van der Waals surface area contributed by atoms with Crippen molar-refractivity contribution >= 4 is 6.21 Å². The van der Waals surface area contributed by atoms with E-state index in [-0.39, 0.29) is 17.4 Å². The van der Waals surface area contributed by atoms with Crippen LogP contribution in [0, 0.1) is 16.7 Å². The lowest BCUT2D eigenvalue weighted by Crippen LogP contribution is -2.57. The summed E-state index contributed by atoms with van der Waals surface area (Å²) in [5, 5.41) is 7.11. The zero-order valence-electron chi connectivity index (χ0n) is 7.72. The van der Waals surface area contributed by atoms with Gasteiger partial charge in [0.15, 0.2) is 0 Å². The predicted molar refractivity (Wildman–Crippen MR) is 46.1 cm³/mol. The van der Waals surface area contributed by atoms with Crippen molar-refractivity contribution in [2.75, 3.05) is 0 Å². The number of nitrogens with one attached hydrogen (secondary N) is 1. The van der Waals surface area contributed by atoms with E-state index < -0.39 is 0 Å². The van der Waals surface area contributed by atoms with Crippen LogP contribution in [0.1, 0.15) is 27.7 Å². The molecule has 3 unspecified atom stereocenters. The number of ether oxygens (including phenoxy) is 1. The molecule has 1 N–H and O–H groups in total. The molecule has 1 aliphatic heterocycles. The summed E-state index contributed by atoms with van der Waals surface area (Å²) >= 11 is 0. The fourth-order valence-corrected chi connectivity index (χ4v) is 1.62. The van der Waals surface area contributed by atoms with Crippen LogP contribution in [0.4, 0.5) is 0 Å². The summed E-state index contributed by atoms with van der Waals surface area (Å²) in [6.07, 6.45) is 2.06. The van der Waals surface area contributed by atoms with Gasteiger partial charge >= 0.3 is 0 Å². The molecule has 0 saturated carbocycles. The van der Waals surface area contributed by atoms with E-state index in [4.69, 9.17) is 10.1 Å². The van der Waals surface area contributed by atoms with E-state index in [9.17, 15) is 0 Å². The third kappa shape index (κ3) is 1.20. The van der Waals surface area contributed by atoms with Crippen LogP contribution >= 0.6 is 0 Å². The van der Waals surface area contributed by atoms with Crippen molar-refractivity contribution in [3.05, 3.63) is 0 Å². The van der Waals surface area contributed by atoms with Gasteiger partial charge in [0.05, 0.1) is 12.2 Å². The van der Waals surface area contributed by atoms with Gasteiger partial charge in [0.25, 0.3) is 0 Å². The molecular weight excluding hydrogens is 138 g/mol. The van der Waals surface area contributed by atoms with Gasteiger partial charge in [-0.25, -0.2) is 0 Å². The Bertz CT molecular complexity index is 165. The van der Waals surface area contributed by atoms with Crippen molar-refractivity contribution in [3.63, 3.8) is 0 Å². The fourth-order valence-electron chi connectivity index (χ4n) is 1.62. The first kappa shape index (κ1) is 8.72. The van der Waals surface area contributed by atoms with E-state index in [1.807, 2.05) is 6.92 Å². The highest BCUT2D eigenvalue weighted by molar-refractivity contribution is 5.57. The molecule has 0 radical (unpaired) electrons. The molecule has 0 bridgehead atoms. The lowest BCUT2D eigenvalue weighted by molar-refractivity contribution is -0.235. The van der Waals surface area contributed by atoms with E-state index in [1.54, 1.807) is 0 Å². The summed E-state index contributed by atoms with van der Waals surface area (Å²) in [7, 11) is 0. The predicted octanol–water partition coefficient (Wildman–Crippen LogP) is 2.09. The van der Waals surface area contributed by atoms with Gasteiger partial charge in [0.1, 0.15) is 0 Å². The van der Waals surface area contributed by atoms with Gasteiger partial charge in [-0.3, -0.25) is 0 Å². The molecule has 3 atom stereocenters. The molecule has 1 saturated heterocycles. The summed E-state index contributed by atoms with van der Waals surface area (Å²) in [5.41, 5.74) is 0.247. The maximum absolute atomic E-state index is 7.11. The van der Waals surface area contributed by atoms with Gasteiger partial charge in [0.2, 0.25) is 0 Å². The fraction of sp³-hybridized carbons (Fsp3) is 0.889. The number of hydrogen-bond acceptors (Lipinski definition) is 2. The highest BCUT2D eigenvalue weighted by atomic mass is 16.5. The second-order valence-corrected chi connectivity index (χ2v) is 4.05. The Morgan fingerprint density at radius 2 is 2.09 bits per heavy atom. The highest BCUT2D eigenvalue weighted by Gasteiger charge is 2.48. The Hall–Kier alpha value is -0.370. The number of rotatable bonds is 2. The molecular formula is C9H17NO. The van der Waals surface area contributed by atoms with Crippen molar-refractivity contribution in [1.29, 1.82) is 5.41 Å². The van der Waals surface area contributed by atoms with E-state index in [0.717, 1.165) is 0 Å². The van der Waals surface area contributed by atoms with E-state index in [2.05, 4.69) is 20.8 Å². The Kier molecular flexibility index (Phi) is 2.06.